The summed E-state index contributed by atoms with van der Waals surface area (Å²) in [5, 5.41) is 5.61. The smallest absolute Gasteiger partial charge is 0.421 e. The molecule has 166 valence electrons. The number of nitrogens with one attached hydrogen (secondary N) is 2. The van der Waals surface area contributed by atoms with E-state index in [-0.39, 0.29) is 18.2 Å². The first-order valence-electron chi connectivity index (χ1n) is 9.65. The van der Waals surface area contributed by atoms with Gasteiger partial charge in [0.25, 0.3) is 0 Å². The molecule has 32 heavy (non-hydrogen) atoms. The van der Waals surface area contributed by atoms with Crippen molar-refractivity contribution < 1.29 is 22.7 Å². The van der Waals surface area contributed by atoms with Gasteiger partial charge in [-0.15, -0.1) is 0 Å². The Balaban J connectivity index is 1.87. The average Bonchev–Trinajstić information content (AvgIpc) is 2.77. The molecular weight excluding hydrogens is 421 g/mol. The van der Waals surface area contributed by atoms with Crippen LogP contribution in [0.2, 0.25) is 0 Å². The first kappa shape index (κ1) is 22.8. The SMILES string of the molecule is C=CC(=O)CCc1cccc(Nc2nc(Nc3cccc(OC)c3)ncc2C(F)(F)F)c1. The molecule has 0 aliphatic rings. The summed E-state index contributed by atoms with van der Waals surface area (Å²) in [5.41, 5.74) is 0.762. The van der Waals surface area contributed by atoms with Crippen molar-refractivity contribution in [3.05, 3.63) is 78.5 Å². The molecule has 0 amide bonds. The predicted octanol–water partition coefficient (Wildman–Crippen LogP) is 5.68. The molecule has 2 aromatic carbocycles. The number of benzene rings is 2. The number of ketones is 1. The number of alkyl halides is 3. The normalized spacial score (nSPS) is 11.0. The zero-order chi connectivity index (χ0) is 23.1. The minimum absolute atomic E-state index is 0.0125. The fourth-order valence-corrected chi connectivity index (χ4v) is 2.89. The Morgan fingerprint density at radius 2 is 1.84 bits per heavy atom. The summed E-state index contributed by atoms with van der Waals surface area (Å²) in [6.07, 6.45) is -1.97. The third-order valence-corrected chi connectivity index (χ3v) is 4.50. The summed E-state index contributed by atoms with van der Waals surface area (Å²) < 4.78 is 45.7. The predicted molar refractivity (Wildman–Crippen MR) is 117 cm³/mol. The number of hydrogen-bond donors (Lipinski definition) is 2. The minimum atomic E-state index is -4.65. The molecule has 1 heterocycles. The highest BCUT2D eigenvalue weighted by Crippen LogP contribution is 2.35. The maximum atomic E-state index is 13.5. The van der Waals surface area contributed by atoms with Gasteiger partial charge in [-0.3, -0.25) is 4.79 Å². The average molecular weight is 442 g/mol. The second kappa shape index (κ2) is 9.95. The zero-order valence-corrected chi connectivity index (χ0v) is 17.2. The van der Waals surface area contributed by atoms with Crippen molar-refractivity contribution >= 4 is 28.9 Å². The lowest BCUT2D eigenvalue weighted by molar-refractivity contribution is -0.137. The molecule has 0 atom stereocenters. The van der Waals surface area contributed by atoms with Crippen LogP contribution in [-0.2, 0) is 17.4 Å². The van der Waals surface area contributed by atoms with Crippen LogP contribution in [0.1, 0.15) is 17.5 Å². The van der Waals surface area contributed by atoms with E-state index < -0.39 is 17.6 Å². The number of rotatable bonds is 9. The molecule has 0 spiro atoms. The molecular formula is C23H21F3N4O2. The molecule has 0 saturated carbocycles. The van der Waals surface area contributed by atoms with Crippen molar-refractivity contribution in [3.63, 3.8) is 0 Å². The lowest BCUT2D eigenvalue weighted by atomic mass is 10.1. The summed E-state index contributed by atoms with van der Waals surface area (Å²) >= 11 is 0. The van der Waals surface area contributed by atoms with Crippen LogP contribution >= 0.6 is 0 Å². The summed E-state index contributed by atoms with van der Waals surface area (Å²) in [4.78, 5) is 19.3. The quantitative estimate of drug-likeness (QED) is 0.416. The number of ether oxygens (including phenoxy) is 1. The Bertz CT molecular complexity index is 1120. The molecule has 3 aromatic rings. The maximum Gasteiger partial charge on any atom is 0.421 e. The fourth-order valence-electron chi connectivity index (χ4n) is 2.89. The highest BCUT2D eigenvalue weighted by Gasteiger charge is 2.35. The summed E-state index contributed by atoms with van der Waals surface area (Å²) in [7, 11) is 1.51. The van der Waals surface area contributed by atoms with Crippen LogP contribution in [-0.4, -0.2) is 22.9 Å². The molecule has 0 bridgehead atoms. The third-order valence-electron chi connectivity index (χ3n) is 4.50. The van der Waals surface area contributed by atoms with Gasteiger partial charge in [-0.1, -0.05) is 24.8 Å². The van der Waals surface area contributed by atoms with E-state index in [0.29, 0.717) is 23.5 Å². The van der Waals surface area contributed by atoms with Crippen LogP contribution in [0, 0.1) is 0 Å². The van der Waals surface area contributed by atoms with Crippen LogP contribution in [0.3, 0.4) is 0 Å². The number of aromatic nitrogens is 2. The molecule has 9 heteroatoms. The van der Waals surface area contributed by atoms with Crippen molar-refractivity contribution in [1.29, 1.82) is 0 Å². The van der Waals surface area contributed by atoms with Gasteiger partial charge < -0.3 is 15.4 Å². The van der Waals surface area contributed by atoms with Crippen LogP contribution in [0.25, 0.3) is 0 Å². The molecule has 1 aromatic heterocycles. The molecule has 6 nitrogen and oxygen atoms in total. The largest absolute Gasteiger partial charge is 0.497 e. The lowest BCUT2D eigenvalue weighted by Gasteiger charge is -2.15. The molecule has 0 unspecified atom stereocenters. The Morgan fingerprint density at radius 3 is 2.53 bits per heavy atom. The van der Waals surface area contributed by atoms with Crippen LogP contribution < -0.4 is 15.4 Å². The number of aryl methyl sites for hydroxylation is 1. The van der Waals surface area contributed by atoms with Gasteiger partial charge in [-0.2, -0.15) is 18.2 Å². The third kappa shape index (κ3) is 6.07. The number of methoxy groups -OCH3 is 1. The number of nitrogens with zero attached hydrogens (tertiary/aromatic N) is 2. The van der Waals surface area contributed by atoms with Gasteiger partial charge in [0, 0.05) is 30.1 Å². The number of carbonyl (C=O) groups is 1. The zero-order valence-electron chi connectivity index (χ0n) is 17.2. The van der Waals surface area contributed by atoms with E-state index in [1.54, 1.807) is 48.5 Å². The van der Waals surface area contributed by atoms with Gasteiger partial charge in [-0.05, 0) is 42.3 Å². The first-order chi connectivity index (χ1) is 15.3. The molecule has 0 aliphatic carbocycles. The second-order valence-electron chi connectivity index (χ2n) is 6.81. The van der Waals surface area contributed by atoms with Crippen molar-refractivity contribution in [1.82, 2.24) is 9.97 Å². The van der Waals surface area contributed by atoms with Gasteiger partial charge >= 0.3 is 6.18 Å². The first-order valence-corrected chi connectivity index (χ1v) is 9.65. The number of halogens is 3. The number of allylic oxidation sites excluding steroid dienone is 1. The Labute approximate surface area is 183 Å². The van der Waals surface area contributed by atoms with E-state index in [1.165, 1.54) is 13.2 Å². The van der Waals surface area contributed by atoms with Crippen molar-refractivity contribution in [2.75, 3.05) is 17.7 Å². The molecule has 0 aliphatic heterocycles. The Kier molecular flexibility index (Phi) is 7.09. The topological polar surface area (TPSA) is 76.1 Å². The molecule has 0 radical (unpaired) electrons. The number of hydrogen-bond acceptors (Lipinski definition) is 6. The minimum Gasteiger partial charge on any atom is -0.497 e. The van der Waals surface area contributed by atoms with Crippen molar-refractivity contribution in [2.45, 2.75) is 19.0 Å². The van der Waals surface area contributed by atoms with Gasteiger partial charge in [-0.25, -0.2) is 4.98 Å². The number of anilines is 4. The van der Waals surface area contributed by atoms with Gasteiger partial charge in [0.1, 0.15) is 17.1 Å². The molecule has 3 rings (SSSR count). The summed E-state index contributed by atoms with van der Waals surface area (Å²) in [6.45, 7) is 3.43. The van der Waals surface area contributed by atoms with Gasteiger partial charge in [0.2, 0.25) is 5.95 Å². The Morgan fingerprint density at radius 1 is 1.12 bits per heavy atom. The monoisotopic (exact) mass is 442 g/mol. The van der Waals surface area contributed by atoms with E-state index in [1.807, 2.05) is 0 Å². The lowest BCUT2D eigenvalue weighted by Crippen LogP contribution is -2.12. The molecule has 0 fully saturated rings. The maximum absolute atomic E-state index is 13.5. The van der Waals surface area contributed by atoms with Crippen LogP contribution in [0.5, 0.6) is 5.75 Å². The fraction of sp³-hybridized carbons (Fsp3) is 0.174. The van der Waals surface area contributed by atoms with E-state index in [4.69, 9.17) is 4.74 Å². The van der Waals surface area contributed by atoms with Crippen molar-refractivity contribution in [3.8, 4) is 5.75 Å². The van der Waals surface area contributed by atoms with E-state index in [2.05, 4.69) is 27.2 Å². The summed E-state index contributed by atoms with van der Waals surface area (Å²) in [5.74, 6) is 0.0671. The number of carbonyl (C=O) groups excluding carboxylic acids is 1. The second-order valence-corrected chi connectivity index (χ2v) is 6.81. The van der Waals surface area contributed by atoms with Crippen molar-refractivity contribution in [2.24, 2.45) is 0 Å². The van der Waals surface area contributed by atoms with E-state index in [9.17, 15) is 18.0 Å². The summed E-state index contributed by atoms with van der Waals surface area (Å²) in [6, 6.07) is 13.6. The van der Waals surface area contributed by atoms with Gasteiger partial charge in [0.15, 0.2) is 5.78 Å². The molecule has 0 saturated heterocycles. The molecule has 2 N–H and O–H groups in total. The highest BCUT2D eigenvalue weighted by atomic mass is 19.4. The van der Waals surface area contributed by atoms with Crippen LogP contribution in [0.15, 0.2) is 67.4 Å². The standard InChI is InChI=1S/C23H21F3N4O2/c1-3-18(31)11-10-15-6-4-7-16(12-15)28-21-20(23(24,25)26)14-27-22(30-21)29-17-8-5-9-19(13-17)32-2/h3-9,12-14H,1,10-11H2,2H3,(H2,27,28,29,30). The highest BCUT2D eigenvalue weighted by molar-refractivity contribution is 5.89. The van der Waals surface area contributed by atoms with Gasteiger partial charge in [0.05, 0.1) is 7.11 Å². The van der Waals surface area contributed by atoms with E-state index in [0.717, 1.165) is 11.8 Å². The Hall–Kier alpha value is -3.88. The van der Waals surface area contributed by atoms with Crippen LogP contribution in [0.4, 0.5) is 36.3 Å². The van der Waals surface area contributed by atoms with E-state index >= 15 is 0 Å².